The van der Waals surface area contributed by atoms with E-state index in [1.165, 1.54) is 148 Å². The molecule has 2 heteroatoms. The molecule has 1 N–H and O–H groups in total. The summed E-state index contributed by atoms with van der Waals surface area (Å²) in [7, 11) is 0. The SMILES string of the molecule is CCCCCC/C=C/CC/C=C/CCCCCCCCCCCCCCCCCCCC(=O)O. The maximum Gasteiger partial charge on any atom is 0.303 e. The molecule has 0 aromatic rings. The minimum atomic E-state index is -0.652. The van der Waals surface area contributed by atoms with Crippen molar-refractivity contribution in [2.75, 3.05) is 0 Å². The van der Waals surface area contributed by atoms with Crippen LogP contribution >= 0.6 is 0 Å². The van der Waals surface area contributed by atoms with Crippen molar-refractivity contribution in [1.82, 2.24) is 0 Å². The van der Waals surface area contributed by atoms with Gasteiger partial charge in [-0.05, 0) is 44.9 Å². The third-order valence-corrected chi connectivity index (χ3v) is 6.82. The van der Waals surface area contributed by atoms with E-state index < -0.39 is 5.97 Å². The summed E-state index contributed by atoms with van der Waals surface area (Å²) in [6.45, 7) is 2.27. The van der Waals surface area contributed by atoms with Gasteiger partial charge in [-0.1, -0.05) is 147 Å². The Morgan fingerprint density at radius 2 is 0.735 bits per heavy atom. The van der Waals surface area contributed by atoms with Crippen LogP contribution in [0.15, 0.2) is 24.3 Å². The van der Waals surface area contributed by atoms with Gasteiger partial charge >= 0.3 is 5.97 Å². The fraction of sp³-hybridized carbons (Fsp3) is 0.844. The number of aliphatic carboxylic acids is 1. The zero-order valence-electron chi connectivity index (χ0n) is 23.0. The number of allylic oxidation sites excluding steroid dienone is 4. The number of rotatable bonds is 28. The van der Waals surface area contributed by atoms with E-state index in [1.807, 2.05) is 0 Å². The molecule has 200 valence electrons. The highest BCUT2D eigenvalue weighted by atomic mass is 16.4. The molecule has 0 saturated heterocycles. The average molecular weight is 477 g/mol. The van der Waals surface area contributed by atoms with Gasteiger partial charge in [-0.2, -0.15) is 0 Å². The normalized spacial score (nSPS) is 11.8. The number of carboxylic acid groups (broad SMARTS) is 1. The van der Waals surface area contributed by atoms with Crippen molar-refractivity contribution in [3.05, 3.63) is 24.3 Å². The lowest BCUT2D eigenvalue weighted by Gasteiger charge is -2.03. The molecule has 0 aromatic heterocycles. The van der Waals surface area contributed by atoms with Crippen LogP contribution in [0.1, 0.15) is 174 Å². The van der Waals surface area contributed by atoms with Crippen LogP contribution in [-0.2, 0) is 4.79 Å². The lowest BCUT2D eigenvalue weighted by molar-refractivity contribution is -0.137. The highest BCUT2D eigenvalue weighted by Gasteiger charge is 1.97. The average Bonchev–Trinajstić information content (AvgIpc) is 2.83. The summed E-state index contributed by atoms with van der Waals surface area (Å²) in [5, 5.41) is 8.61. The second-order valence-electron chi connectivity index (χ2n) is 10.3. The summed E-state index contributed by atoms with van der Waals surface area (Å²) in [5.74, 6) is -0.652. The Balaban J connectivity index is 3.11. The van der Waals surface area contributed by atoms with Gasteiger partial charge in [-0.15, -0.1) is 0 Å². The molecule has 0 bridgehead atoms. The molecular weight excluding hydrogens is 416 g/mol. The summed E-state index contributed by atoms with van der Waals surface area (Å²) in [4.78, 5) is 10.4. The zero-order chi connectivity index (χ0) is 24.8. The molecule has 0 heterocycles. The topological polar surface area (TPSA) is 37.3 Å². The van der Waals surface area contributed by atoms with Gasteiger partial charge < -0.3 is 5.11 Å². The molecule has 0 atom stereocenters. The van der Waals surface area contributed by atoms with Gasteiger partial charge in [0.25, 0.3) is 0 Å². The second-order valence-corrected chi connectivity index (χ2v) is 10.3. The predicted molar refractivity (Wildman–Crippen MR) is 152 cm³/mol. The first-order valence-electron chi connectivity index (χ1n) is 15.3. The molecule has 0 aliphatic heterocycles. The van der Waals surface area contributed by atoms with Gasteiger partial charge in [0, 0.05) is 6.42 Å². The lowest BCUT2D eigenvalue weighted by Crippen LogP contribution is -1.93. The third-order valence-electron chi connectivity index (χ3n) is 6.82. The second kappa shape index (κ2) is 30.0. The maximum absolute atomic E-state index is 10.4. The van der Waals surface area contributed by atoms with E-state index in [0.29, 0.717) is 6.42 Å². The third kappa shape index (κ3) is 31.0. The number of carbonyl (C=O) groups is 1. The summed E-state index contributed by atoms with van der Waals surface area (Å²) in [6, 6.07) is 0. The van der Waals surface area contributed by atoms with Crippen molar-refractivity contribution in [2.45, 2.75) is 174 Å². The number of hydrogen-bond donors (Lipinski definition) is 1. The van der Waals surface area contributed by atoms with E-state index in [0.717, 1.165) is 12.8 Å². The van der Waals surface area contributed by atoms with Gasteiger partial charge in [-0.25, -0.2) is 0 Å². The van der Waals surface area contributed by atoms with Crippen LogP contribution in [0.4, 0.5) is 0 Å². The van der Waals surface area contributed by atoms with Gasteiger partial charge in [0.05, 0.1) is 0 Å². The Labute approximate surface area is 214 Å². The van der Waals surface area contributed by atoms with Crippen molar-refractivity contribution in [2.24, 2.45) is 0 Å². The molecule has 0 aromatic carbocycles. The zero-order valence-corrected chi connectivity index (χ0v) is 23.0. The van der Waals surface area contributed by atoms with Crippen molar-refractivity contribution >= 4 is 5.97 Å². The molecule has 2 nitrogen and oxygen atoms in total. The number of carboxylic acids is 1. The first-order chi connectivity index (χ1) is 16.8. The van der Waals surface area contributed by atoms with Gasteiger partial charge in [0.2, 0.25) is 0 Å². The standard InChI is InChI=1S/C32H60O2/c1-2-3-4-5-6-7-8-9-10-11-12-13-14-15-16-17-18-19-20-21-22-23-24-25-26-27-28-29-30-31-32(33)34/h7-8,11-12H,2-6,9-10,13-31H2,1H3,(H,33,34)/b8-7+,12-11+. The van der Waals surface area contributed by atoms with Crippen molar-refractivity contribution < 1.29 is 9.90 Å². The molecular formula is C32H60O2. The molecule has 0 aliphatic rings. The van der Waals surface area contributed by atoms with Crippen LogP contribution in [0.25, 0.3) is 0 Å². The fourth-order valence-corrected chi connectivity index (χ4v) is 4.54. The van der Waals surface area contributed by atoms with E-state index in [1.54, 1.807) is 0 Å². The van der Waals surface area contributed by atoms with Crippen LogP contribution in [-0.4, -0.2) is 11.1 Å². The van der Waals surface area contributed by atoms with E-state index >= 15 is 0 Å². The fourth-order valence-electron chi connectivity index (χ4n) is 4.54. The Morgan fingerprint density at radius 3 is 1.09 bits per heavy atom. The molecule has 0 amide bonds. The van der Waals surface area contributed by atoms with Crippen molar-refractivity contribution in [3.63, 3.8) is 0 Å². The molecule has 0 unspecified atom stereocenters. The summed E-state index contributed by atoms with van der Waals surface area (Å²) in [5.41, 5.74) is 0. The van der Waals surface area contributed by atoms with Crippen LogP contribution < -0.4 is 0 Å². The minimum absolute atomic E-state index is 0.343. The van der Waals surface area contributed by atoms with Gasteiger partial charge in [-0.3, -0.25) is 4.79 Å². The van der Waals surface area contributed by atoms with E-state index in [9.17, 15) is 4.79 Å². The van der Waals surface area contributed by atoms with Gasteiger partial charge in [0.1, 0.15) is 0 Å². The maximum atomic E-state index is 10.4. The van der Waals surface area contributed by atoms with E-state index in [4.69, 9.17) is 5.11 Å². The van der Waals surface area contributed by atoms with Crippen LogP contribution in [0.2, 0.25) is 0 Å². The summed E-state index contributed by atoms with van der Waals surface area (Å²) >= 11 is 0. The van der Waals surface area contributed by atoms with Crippen molar-refractivity contribution in [3.8, 4) is 0 Å². The summed E-state index contributed by atoms with van der Waals surface area (Å²) in [6.07, 6.45) is 43.0. The molecule has 0 radical (unpaired) electrons. The number of unbranched alkanes of at least 4 members (excludes halogenated alkanes) is 22. The Hall–Kier alpha value is -1.05. The highest BCUT2D eigenvalue weighted by molar-refractivity contribution is 5.66. The molecule has 34 heavy (non-hydrogen) atoms. The minimum Gasteiger partial charge on any atom is -0.481 e. The molecule has 0 fully saturated rings. The molecule has 0 rings (SSSR count). The largest absolute Gasteiger partial charge is 0.481 e. The van der Waals surface area contributed by atoms with E-state index in [2.05, 4.69) is 31.2 Å². The smallest absolute Gasteiger partial charge is 0.303 e. The van der Waals surface area contributed by atoms with Crippen molar-refractivity contribution in [1.29, 1.82) is 0 Å². The molecule has 0 saturated carbocycles. The van der Waals surface area contributed by atoms with E-state index in [-0.39, 0.29) is 0 Å². The number of hydrogen-bond acceptors (Lipinski definition) is 1. The van der Waals surface area contributed by atoms with Crippen LogP contribution in [0.5, 0.6) is 0 Å². The van der Waals surface area contributed by atoms with Crippen LogP contribution in [0, 0.1) is 0 Å². The first-order valence-corrected chi connectivity index (χ1v) is 15.3. The first kappa shape index (κ1) is 33.0. The molecule has 0 aliphatic carbocycles. The predicted octanol–water partition coefficient (Wildman–Crippen LogP) is 11.3. The highest BCUT2D eigenvalue weighted by Crippen LogP contribution is 2.14. The quantitative estimate of drug-likeness (QED) is 0.0900. The Bertz CT molecular complexity index is 452. The molecule has 0 spiro atoms. The lowest BCUT2D eigenvalue weighted by atomic mass is 10.0. The Kier molecular flexibility index (Phi) is 29.1. The van der Waals surface area contributed by atoms with Gasteiger partial charge in [0.15, 0.2) is 0 Å². The monoisotopic (exact) mass is 476 g/mol. The van der Waals surface area contributed by atoms with Crippen LogP contribution in [0.3, 0.4) is 0 Å². The summed E-state index contributed by atoms with van der Waals surface area (Å²) < 4.78 is 0. The Morgan fingerprint density at radius 1 is 0.441 bits per heavy atom.